The van der Waals surface area contributed by atoms with Crippen molar-refractivity contribution in [1.82, 2.24) is 0 Å². The number of hydrogen-bond donors (Lipinski definition) is 0. The number of fused-ring (bicyclic) bond motifs is 1. The van der Waals surface area contributed by atoms with Crippen LogP contribution in [0.4, 0.5) is 34.1 Å². The number of rotatable bonds is 13. The van der Waals surface area contributed by atoms with Crippen LogP contribution in [0.3, 0.4) is 0 Å². The van der Waals surface area contributed by atoms with Gasteiger partial charge >= 0.3 is 0 Å². The summed E-state index contributed by atoms with van der Waals surface area (Å²) in [7, 11) is 0. The molecule has 0 spiro atoms. The number of aryl methyl sites for hydroxylation is 2. The molecule has 2 unspecified atom stereocenters. The third-order valence-corrected chi connectivity index (χ3v) is 15.4. The van der Waals surface area contributed by atoms with Crippen LogP contribution < -0.4 is 9.80 Å². The van der Waals surface area contributed by atoms with Crippen molar-refractivity contribution in [2.24, 2.45) is 11.8 Å². The molecule has 0 saturated heterocycles. The minimum Gasteiger partial charge on any atom is -0.311 e. The Morgan fingerprint density at radius 3 is 1.48 bits per heavy atom. The second kappa shape index (κ2) is 17.1. The molecule has 0 radical (unpaired) electrons. The molecule has 4 aliphatic carbocycles. The fraction of sp³-hybridized carbons (Fsp3) is 0.238. The highest BCUT2D eigenvalue weighted by atomic mass is 15.1. The van der Waals surface area contributed by atoms with Crippen LogP contribution in [0, 0.1) is 18.8 Å². The third-order valence-electron chi connectivity index (χ3n) is 15.4. The quantitative estimate of drug-likeness (QED) is 0.114. The average Bonchev–Trinajstić information content (AvgIpc) is 3.35. The molecule has 2 heteroatoms. The highest BCUT2D eigenvalue weighted by molar-refractivity contribution is 5.89. The summed E-state index contributed by atoms with van der Waals surface area (Å²) in [5, 5.41) is 2.48. The molecule has 4 saturated carbocycles. The highest BCUT2D eigenvalue weighted by Crippen LogP contribution is 2.66. The Balaban J connectivity index is 0.896. The zero-order valence-electron chi connectivity index (χ0n) is 38.1. The van der Waals surface area contributed by atoms with Crippen molar-refractivity contribution in [1.29, 1.82) is 0 Å². The Hall–Kier alpha value is -6.64. The van der Waals surface area contributed by atoms with Gasteiger partial charge in [-0.1, -0.05) is 147 Å². The van der Waals surface area contributed by atoms with Crippen LogP contribution >= 0.6 is 0 Å². The fourth-order valence-corrected chi connectivity index (χ4v) is 12.6. The van der Waals surface area contributed by atoms with Crippen molar-refractivity contribution in [3.05, 3.63) is 222 Å². The van der Waals surface area contributed by atoms with Crippen molar-refractivity contribution in [3.63, 3.8) is 0 Å². The third kappa shape index (κ3) is 7.88. The van der Waals surface area contributed by atoms with E-state index < -0.39 is 0 Å². The Labute approximate surface area is 386 Å². The van der Waals surface area contributed by atoms with Crippen molar-refractivity contribution in [2.75, 3.05) is 9.80 Å². The summed E-state index contributed by atoms with van der Waals surface area (Å²) in [5.74, 6) is 1.62. The summed E-state index contributed by atoms with van der Waals surface area (Å²) in [6, 6.07) is 70.9. The van der Waals surface area contributed by atoms with Crippen LogP contribution in [0.15, 0.2) is 195 Å². The zero-order chi connectivity index (χ0) is 44.0. The number of anilines is 6. The molecule has 0 aliphatic heterocycles. The van der Waals surface area contributed by atoms with Crippen LogP contribution in [0.25, 0.3) is 28.0 Å². The smallest absolute Gasteiger partial charge is 0.0468 e. The number of benzene rings is 8. The van der Waals surface area contributed by atoms with E-state index in [1.165, 1.54) is 107 Å². The van der Waals surface area contributed by atoms with E-state index >= 15 is 0 Å². The summed E-state index contributed by atoms with van der Waals surface area (Å²) in [4.78, 5) is 4.81. The standard InChI is InChI=1S/C63H60N2/c1-4-6-9-47-16-29-57(30-17-47)64(60-36-25-55(26-37-60)63-42-48-38-49(43-63)41-62(40-48,44-63)54-23-14-46(5-2)15-24-54)58-31-18-51(19-32-58)52-20-33-59(34-21-52)65(56-27-12-45(3)13-28-56)61-35-22-50-10-7-8-11-53(50)39-61/h5,7-8,10-37,39,48-49H,2,4,6,9,38,40-44H2,1,3H3. The van der Waals surface area contributed by atoms with Gasteiger partial charge < -0.3 is 9.80 Å². The first kappa shape index (κ1) is 41.1. The fourth-order valence-electron chi connectivity index (χ4n) is 12.6. The maximum atomic E-state index is 4.02. The first-order valence-corrected chi connectivity index (χ1v) is 24.2. The van der Waals surface area contributed by atoms with E-state index in [9.17, 15) is 0 Å². The molecule has 8 aromatic rings. The maximum absolute atomic E-state index is 4.02. The lowest BCUT2D eigenvalue weighted by Crippen LogP contribution is -2.55. The second-order valence-corrected chi connectivity index (χ2v) is 19.8. The average molecular weight is 845 g/mol. The molecule has 0 aromatic heterocycles. The van der Waals surface area contributed by atoms with Gasteiger partial charge in [-0.05, 0) is 198 Å². The van der Waals surface area contributed by atoms with Gasteiger partial charge in [0.1, 0.15) is 0 Å². The predicted molar refractivity (Wildman–Crippen MR) is 277 cm³/mol. The summed E-state index contributed by atoms with van der Waals surface area (Å²) in [6.45, 7) is 8.44. The maximum Gasteiger partial charge on any atom is 0.0468 e. The van der Waals surface area contributed by atoms with Gasteiger partial charge in [0.05, 0.1) is 0 Å². The minimum atomic E-state index is 0.245. The van der Waals surface area contributed by atoms with Gasteiger partial charge in [0.2, 0.25) is 0 Å². The lowest BCUT2D eigenvalue weighted by Gasteiger charge is -2.63. The van der Waals surface area contributed by atoms with Gasteiger partial charge in [-0.25, -0.2) is 0 Å². The summed E-state index contributed by atoms with van der Waals surface area (Å²) in [6.07, 6.45) is 13.5. The molecular weight excluding hydrogens is 785 g/mol. The number of nitrogens with zero attached hydrogens (tertiary/aromatic N) is 2. The zero-order valence-corrected chi connectivity index (χ0v) is 38.1. The lowest BCUT2D eigenvalue weighted by atomic mass is 9.42. The molecule has 4 bridgehead atoms. The van der Waals surface area contributed by atoms with Gasteiger partial charge in [0, 0.05) is 34.1 Å². The predicted octanol–water partition coefficient (Wildman–Crippen LogP) is 17.5. The van der Waals surface area contributed by atoms with Crippen LogP contribution in [0.2, 0.25) is 0 Å². The first-order valence-electron chi connectivity index (χ1n) is 24.2. The molecule has 65 heavy (non-hydrogen) atoms. The SMILES string of the molecule is C=Cc1ccc(C23CC4CC(C2)CC(c2ccc(N(c5ccc(CCCC)cc5)c5ccc(-c6ccc(N(c7ccc(C)cc7)c7ccc8ccccc8c7)cc6)cc5)cc2)(C4)C3)cc1. The van der Waals surface area contributed by atoms with Gasteiger partial charge in [-0.2, -0.15) is 0 Å². The van der Waals surface area contributed by atoms with Crippen LogP contribution in [0.1, 0.15) is 86.1 Å². The van der Waals surface area contributed by atoms with E-state index in [0.717, 1.165) is 41.0 Å². The Bertz CT molecular complexity index is 2910. The van der Waals surface area contributed by atoms with Crippen LogP contribution in [-0.2, 0) is 17.3 Å². The van der Waals surface area contributed by atoms with Crippen LogP contribution in [-0.4, -0.2) is 0 Å². The van der Waals surface area contributed by atoms with Crippen molar-refractivity contribution < 1.29 is 0 Å². The summed E-state index contributed by atoms with van der Waals surface area (Å²) >= 11 is 0. The van der Waals surface area contributed by atoms with E-state index in [-0.39, 0.29) is 10.8 Å². The van der Waals surface area contributed by atoms with Crippen molar-refractivity contribution in [2.45, 2.75) is 82.5 Å². The van der Waals surface area contributed by atoms with Crippen molar-refractivity contribution in [3.8, 4) is 11.1 Å². The largest absolute Gasteiger partial charge is 0.311 e. The van der Waals surface area contributed by atoms with Gasteiger partial charge in [0.25, 0.3) is 0 Å². The van der Waals surface area contributed by atoms with Crippen LogP contribution in [0.5, 0.6) is 0 Å². The summed E-state index contributed by atoms with van der Waals surface area (Å²) in [5.41, 5.74) is 16.9. The number of hydrogen-bond acceptors (Lipinski definition) is 2. The molecule has 4 aliphatic rings. The molecular formula is C63H60N2. The highest BCUT2D eigenvalue weighted by Gasteiger charge is 2.58. The molecule has 2 atom stereocenters. The van der Waals surface area contributed by atoms with E-state index in [0.29, 0.717) is 0 Å². The Morgan fingerprint density at radius 1 is 0.508 bits per heavy atom. The van der Waals surface area contributed by atoms with E-state index in [2.05, 4.69) is 218 Å². The van der Waals surface area contributed by atoms with E-state index in [4.69, 9.17) is 0 Å². The molecule has 0 heterocycles. The Kier molecular flexibility index (Phi) is 10.8. The number of unbranched alkanes of at least 4 members (excludes halogenated alkanes) is 1. The van der Waals surface area contributed by atoms with E-state index in [1.807, 2.05) is 6.08 Å². The van der Waals surface area contributed by atoms with E-state index in [1.54, 1.807) is 5.56 Å². The van der Waals surface area contributed by atoms with Gasteiger partial charge in [0.15, 0.2) is 0 Å². The molecule has 8 aromatic carbocycles. The van der Waals surface area contributed by atoms with Crippen molar-refractivity contribution >= 4 is 51.0 Å². The Morgan fingerprint density at radius 2 is 0.954 bits per heavy atom. The molecule has 0 N–H and O–H groups in total. The van der Waals surface area contributed by atoms with Gasteiger partial charge in [-0.3, -0.25) is 0 Å². The molecule has 2 nitrogen and oxygen atoms in total. The topological polar surface area (TPSA) is 6.48 Å². The van der Waals surface area contributed by atoms with Gasteiger partial charge in [-0.15, -0.1) is 0 Å². The molecule has 322 valence electrons. The first-order chi connectivity index (χ1) is 31.9. The normalized spacial score (nSPS) is 20.8. The molecule has 0 amide bonds. The molecule has 4 fully saturated rings. The minimum absolute atomic E-state index is 0.245. The summed E-state index contributed by atoms with van der Waals surface area (Å²) < 4.78 is 0. The second-order valence-electron chi connectivity index (χ2n) is 19.8. The monoisotopic (exact) mass is 844 g/mol. The molecule has 12 rings (SSSR count). The lowest BCUT2D eigenvalue weighted by molar-refractivity contribution is -0.0281.